The number of carbonyl (C=O) groups is 1. The molecule has 2 heterocycles. The first-order valence-corrected chi connectivity index (χ1v) is 7.68. The maximum Gasteiger partial charge on any atom is 0.270 e. The van der Waals surface area contributed by atoms with E-state index < -0.39 is 0 Å². The zero-order chi connectivity index (χ0) is 13.9. The fourth-order valence-electron chi connectivity index (χ4n) is 2.46. The maximum absolute atomic E-state index is 12.1. The van der Waals surface area contributed by atoms with Crippen LogP contribution in [0.3, 0.4) is 0 Å². The molecule has 1 aromatic heterocycles. The third-order valence-corrected chi connectivity index (χ3v) is 4.02. The molecule has 1 N–H and O–H groups in total. The van der Waals surface area contributed by atoms with Crippen LogP contribution in [-0.2, 0) is 0 Å². The Balaban J connectivity index is 1.72. The smallest absolute Gasteiger partial charge is 0.270 e. The first-order chi connectivity index (χ1) is 9.72. The average molecular weight is 295 g/mol. The van der Waals surface area contributed by atoms with Gasteiger partial charge in [0.2, 0.25) is 5.28 Å². The minimum absolute atomic E-state index is 0.143. The summed E-state index contributed by atoms with van der Waals surface area (Å²) in [6.07, 6.45) is 5.99. The van der Waals surface area contributed by atoms with E-state index in [2.05, 4.69) is 20.2 Å². The molecule has 1 amide bonds. The largest absolute Gasteiger partial charge is 0.356 e. The molecule has 0 bridgehead atoms. The molecule has 1 aliphatic carbocycles. The van der Waals surface area contributed by atoms with Crippen molar-refractivity contribution < 1.29 is 4.79 Å². The number of piperidine rings is 1. The number of hydrogen-bond donors (Lipinski definition) is 1. The molecule has 0 spiro atoms. The molecule has 0 aromatic carbocycles. The summed E-state index contributed by atoms with van der Waals surface area (Å²) in [6, 6.07) is 1.75. The lowest BCUT2D eigenvalue weighted by atomic mass is 10.1. The number of aromatic nitrogens is 2. The van der Waals surface area contributed by atoms with Crippen molar-refractivity contribution in [2.75, 3.05) is 24.5 Å². The molecule has 1 saturated heterocycles. The van der Waals surface area contributed by atoms with Crippen LogP contribution in [0.25, 0.3) is 0 Å². The van der Waals surface area contributed by atoms with Crippen LogP contribution in [-0.4, -0.2) is 35.5 Å². The van der Waals surface area contributed by atoms with Gasteiger partial charge in [0.1, 0.15) is 11.5 Å². The third kappa shape index (κ3) is 3.39. The minimum Gasteiger partial charge on any atom is -0.356 e. The second kappa shape index (κ2) is 5.95. The number of amides is 1. The van der Waals surface area contributed by atoms with E-state index in [9.17, 15) is 4.79 Å². The number of carbonyl (C=O) groups excluding carboxylic acids is 1. The van der Waals surface area contributed by atoms with E-state index >= 15 is 0 Å². The van der Waals surface area contributed by atoms with E-state index in [-0.39, 0.29) is 11.2 Å². The Labute approximate surface area is 123 Å². The summed E-state index contributed by atoms with van der Waals surface area (Å²) in [4.78, 5) is 22.6. The third-order valence-electron chi connectivity index (χ3n) is 3.85. The van der Waals surface area contributed by atoms with E-state index in [1.807, 2.05) is 0 Å². The highest BCUT2D eigenvalue weighted by atomic mass is 35.5. The predicted octanol–water partition coefficient (Wildman–Crippen LogP) is 2.26. The van der Waals surface area contributed by atoms with Crippen molar-refractivity contribution in [2.45, 2.75) is 32.1 Å². The summed E-state index contributed by atoms with van der Waals surface area (Å²) >= 11 is 5.96. The molecule has 5 nitrogen and oxygen atoms in total. The lowest BCUT2D eigenvalue weighted by Gasteiger charge is -2.27. The van der Waals surface area contributed by atoms with Crippen molar-refractivity contribution in [1.82, 2.24) is 15.3 Å². The van der Waals surface area contributed by atoms with Gasteiger partial charge in [-0.15, -0.1) is 0 Å². The van der Waals surface area contributed by atoms with Crippen LogP contribution < -0.4 is 10.2 Å². The van der Waals surface area contributed by atoms with Crippen molar-refractivity contribution in [2.24, 2.45) is 5.92 Å². The lowest BCUT2D eigenvalue weighted by molar-refractivity contribution is 0.0946. The molecule has 0 atom stereocenters. The quantitative estimate of drug-likeness (QED) is 0.866. The highest BCUT2D eigenvalue weighted by molar-refractivity contribution is 6.28. The molecule has 6 heteroatoms. The van der Waals surface area contributed by atoms with Crippen molar-refractivity contribution in [1.29, 1.82) is 0 Å². The summed E-state index contributed by atoms with van der Waals surface area (Å²) in [5.41, 5.74) is 0.367. The van der Waals surface area contributed by atoms with Gasteiger partial charge in [-0.2, -0.15) is 0 Å². The number of hydrogen-bond acceptors (Lipinski definition) is 4. The minimum atomic E-state index is -0.153. The van der Waals surface area contributed by atoms with Crippen LogP contribution in [0.2, 0.25) is 5.28 Å². The molecule has 1 aliphatic heterocycles. The number of halogens is 1. The number of rotatable bonds is 4. The fourth-order valence-corrected chi connectivity index (χ4v) is 2.63. The van der Waals surface area contributed by atoms with E-state index in [0.717, 1.165) is 38.3 Å². The maximum atomic E-state index is 12.1. The molecule has 2 aliphatic rings. The van der Waals surface area contributed by atoms with Gasteiger partial charge < -0.3 is 10.2 Å². The molecule has 2 fully saturated rings. The van der Waals surface area contributed by atoms with Crippen LogP contribution in [0.1, 0.15) is 42.6 Å². The second-order valence-corrected chi connectivity index (χ2v) is 5.92. The van der Waals surface area contributed by atoms with Gasteiger partial charge in [0.05, 0.1) is 0 Å². The summed E-state index contributed by atoms with van der Waals surface area (Å²) in [5.74, 6) is 1.26. The summed E-state index contributed by atoms with van der Waals surface area (Å²) in [6.45, 7) is 2.67. The van der Waals surface area contributed by atoms with Gasteiger partial charge in [-0.05, 0) is 49.6 Å². The molecular weight excluding hydrogens is 276 g/mol. The van der Waals surface area contributed by atoms with E-state index in [1.54, 1.807) is 6.07 Å². The first-order valence-electron chi connectivity index (χ1n) is 7.30. The first kappa shape index (κ1) is 13.6. The Morgan fingerprint density at radius 1 is 1.30 bits per heavy atom. The standard InChI is InChI=1S/C14H19ClN4O/c15-14-17-11(13(20)16-9-10-4-5-10)8-12(18-14)19-6-2-1-3-7-19/h8,10H,1-7,9H2,(H,16,20). The van der Waals surface area contributed by atoms with Gasteiger partial charge in [0, 0.05) is 25.7 Å². The Hall–Kier alpha value is -1.36. The molecule has 3 rings (SSSR count). The average Bonchev–Trinajstić information content (AvgIpc) is 3.29. The fraction of sp³-hybridized carbons (Fsp3) is 0.643. The highest BCUT2D eigenvalue weighted by Gasteiger charge is 2.23. The number of anilines is 1. The van der Waals surface area contributed by atoms with Crippen LogP contribution in [0.4, 0.5) is 5.82 Å². The topological polar surface area (TPSA) is 58.1 Å². The van der Waals surface area contributed by atoms with E-state index in [4.69, 9.17) is 11.6 Å². The SMILES string of the molecule is O=C(NCC1CC1)c1cc(N2CCCCC2)nc(Cl)n1. The monoisotopic (exact) mass is 294 g/mol. The van der Waals surface area contributed by atoms with Crippen molar-refractivity contribution >= 4 is 23.3 Å². The van der Waals surface area contributed by atoms with Crippen LogP contribution in [0, 0.1) is 5.92 Å². The van der Waals surface area contributed by atoms with E-state index in [1.165, 1.54) is 19.3 Å². The second-order valence-electron chi connectivity index (χ2n) is 5.58. The molecule has 1 saturated carbocycles. The highest BCUT2D eigenvalue weighted by Crippen LogP contribution is 2.27. The predicted molar refractivity (Wildman–Crippen MR) is 78.2 cm³/mol. The normalized spacial score (nSPS) is 18.9. The Morgan fingerprint density at radius 2 is 2.05 bits per heavy atom. The van der Waals surface area contributed by atoms with Crippen LogP contribution >= 0.6 is 11.6 Å². The van der Waals surface area contributed by atoms with Gasteiger partial charge in [0.15, 0.2) is 0 Å². The van der Waals surface area contributed by atoms with Crippen LogP contribution in [0.15, 0.2) is 6.07 Å². The lowest BCUT2D eigenvalue weighted by Crippen LogP contribution is -2.31. The number of nitrogens with zero attached hydrogens (tertiary/aromatic N) is 3. The molecule has 1 aromatic rings. The summed E-state index contributed by atoms with van der Waals surface area (Å²) in [7, 11) is 0. The summed E-state index contributed by atoms with van der Waals surface area (Å²) in [5, 5.41) is 3.06. The van der Waals surface area contributed by atoms with Gasteiger partial charge in [-0.1, -0.05) is 0 Å². The molecule has 0 radical (unpaired) electrons. The Morgan fingerprint density at radius 3 is 2.75 bits per heavy atom. The van der Waals surface area contributed by atoms with Gasteiger partial charge in [-0.3, -0.25) is 4.79 Å². The molecule has 108 valence electrons. The Kier molecular flexibility index (Phi) is 4.05. The van der Waals surface area contributed by atoms with Crippen molar-refractivity contribution in [3.63, 3.8) is 0 Å². The number of nitrogens with one attached hydrogen (secondary N) is 1. The zero-order valence-electron chi connectivity index (χ0n) is 11.4. The zero-order valence-corrected chi connectivity index (χ0v) is 12.2. The molecular formula is C14H19ClN4O. The van der Waals surface area contributed by atoms with Gasteiger partial charge in [0.25, 0.3) is 5.91 Å². The van der Waals surface area contributed by atoms with Gasteiger partial charge >= 0.3 is 0 Å². The molecule has 20 heavy (non-hydrogen) atoms. The van der Waals surface area contributed by atoms with E-state index in [0.29, 0.717) is 11.6 Å². The van der Waals surface area contributed by atoms with Crippen molar-refractivity contribution in [3.05, 3.63) is 17.0 Å². The van der Waals surface area contributed by atoms with Crippen LogP contribution in [0.5, 0.6) is 0 Å². The van der Waals surface area contributed by atoms with Gasteiger partial charge in [-0.25, -0.2) is 9.97 Å². The van der Waals surface area contributed by atoms with Crippen molar-refractivity contribution in [3.8, 4) is 0 Å². The summed E-state index contributed by atoms with van der Waals surface area (Å²) < 4.78 is 0. The Bertz CT molecular complexity index is 498. The molecule has 0 unspecified atom stereocenters.